The molecule has 1 aliphatic carbocycles. The van der Waals surface area contributed by atoms with Crippen LogP contribution in [0.2, 0.25) is 5.02 Å². The molecular weight excluding hydrogens is 469 g/mol. The van der Waals surface area contributed by atoms with E-state index in [1.54, 1.807) is 24.1 Å². The van der Waals surface area contributed by atoms with E-state index >= 15 is 4.39 Å². The fourth-order valence-corrected chi connectivity index (χ4v) is 6.03. The summed E-state index contributed by atoms with van der Waals surface area (Å²) in [4.78, 5) is 14.7. The van der Waals surface area contributed by atoms with E-state index in [0.29, 0.717) is 51.4 Å². The minimum Gasteiger partial charge on any atom is -0.385 e. The third-order valence-corrected chi connectivity index (χ3v) is 8.13. The van der Waals surface area contributed by atoms with Crippen molar-refractivity contribution in [3.8, 4) is 0 Å². The number of urea groups is 1. The van der Waals surface area contributed by atoms with Crippen molar-refractivity contribution in [1.82, 2.24) is 10.2 Å². The molecule has 3 rings (SSSR count). The zero-order valence-electron chi connectivity index (χ0n) is 21.1. The lowest BCUT2D eigenvalue weighted by molar-refractivity contribution is -0.0586. The van der Waals surface area contributed by atoms with Crippen molar-refractivity contribution in [2.24, 2.45) is 17.6 Å². The second-order valence-electron chi connectivity index (χ2n) is 10.4. The quantitative estimate of drug-likeness (QED) is 0.356. The predicted octanol–water partition coefficient (Wildman–Crippen LogP) is 5.20. The molecule has 1 saturated carbocycles. The molecule has 0 aromatic heterocycles. The van der Waals surface area contributed by atoms with Gasteiger partial charge in [-0.25, -0.2) is 9.18 Å². The average molecular weight is 512 g/mol. The van der Waals surface area contributed by atoms with Gasteiger partial charge in [0.05, 0.1) is 10.6 Å². The standard InChI is InChI=1S/C27H43ClFN3O3/c1-35-16-6-5-14-27(34,23-12-7-13-24(28)25(23)29)21-11-8-15-32(19-21)26(33)31-18-22(30)17-20-9-3-2-4-10-20/h7,12-13,20-22,34H,2-6,8-11,14-19,30H2,1H3,(H,31,33). The molecule has 3 unspecified atom stereocenters. The lowest BCUT2D eigenvalue weighted by Crippen LogP contribution is -2.52. The smallest absolute Gasteiger partial charge is 0.317 e. The molecular formula is C27H43ClFN3O3. The first-order chi connectivity index (χ1) is 16.8. The number of piperidine rings is 1. The minimum absolute atomic E-state index is 0.00446. The van der Waals surface area contributed by atoms with E-state index in [4.69, 9.17) is 22.1 Å². The Bertz CT molecular complexity index is 808. The number of hydrogen-bond acceptors (Lipinski definition) is 4. The van der Waals surface area contributed by atoms with Crippen LogP contribution in [0.25, 0.3) is 0 Å². The number of carbonyl (C=O) groups is 1. The highest BCUT2D eigenvalue weighted by Gasteiger charge is 2.43. The number of likely N-dealkylation sites (tertiary alicyclic amines) is 1. The Balaban J connectivity index is 1.63. The van der Waals surface area contributed by atoms with Crippen LogP contribution < -0.4 is 11.1 Å². The molecule has 0 radical (unpaired) electrons. The maximum absolute atomic E-state index is 15.1. The number of unbranched alkanes of at least 4 members (excludes halogenated alkanes) is 1. The molecule has 6 nitrogen and oxygen atoms in total. The lowest BCUT2D eigenvalue weighted by atomic mass is 9.74. The zero-order valence-corrected chi connectivity index (χ0v) is 21.9. The van der Waals surface area contributed by atoms with Gasteiger partial charge in [-0.15, -0.1) is 0 Å². The van der Waals surface area contributed by atoms with Crippen molar-refractivity contribution in [2.45, 2.75) is 82.3 Å². The van der Waals surface area contributed by atoms with Crippen LogP contribution in [0, 0.1) is 17.7 Å². The van der Waals surface area contributed by atoms with Crippen molar-refractivity contribution >= 4 is 17.6 Å². The maximum Gasteiger partial charge on any atom is 0.317 e. The van der Waals surface area contributed by atoms with E-state index in [1.807, 2.05) is 0 Å². The molecule has 1 saturated heterocycles. The maximum atomic E-state index is 15.1. The van der Waals surface area contributed by atoms with Crippen LogP contribution >= 0.6 is 11.6 Å². The first-order valence-electron chi connectivity index (χ1n) is 13.3. The Hall–Kier alpha value is -1.41. The number of nitrogens with two attached hydrogens (primary N) is 1. The number of halogens is 2. The van der Waals surface area contributed by atoms with Crippen LogP contribution in [0.1, 0.15) is 76.2 Å². The average Bonchev–Trinajstić information content (AvgIpc) is 2.87. The van der Waals surface area contributed by atoms with E-state index in [9.17, 15) is 9.90 Å². The number of hydrogen-bond donors (Lipinski definition) is 3. The van der Waals surface area contributed by atoms with Crippen LogP contribution in [0.3, 0.4) is 0 Å². The first-order valence-corrected chi connectivity index (χ1v) is 13.7. The summed E-state index contributed by atoms with van der Waals surface area (Å²) < 4.78 is 20.2. The van der Waals surface area contributed by atoms with Gasteiger partial charge in [0, 0.05) is 50.9 Å². The van der Waals surface area contributed by atoms with E-state index in [2.05, 4.69) is 5.32 Å². The molecule has 2 fully saturated rings. The molecule has 198 valence electrons. The van der Waals surface area contributed by atoms with Crippen LogP contribution in [0.4, 0.5) is 9.18 Å². The van der Waals surface area contributed by atoms with E-state index in [-0.39, 0.29) is 28.6 Å². The summed E-state index contributed by atoms with van der Waals surface area (Å²) in [6, 6.07) is 4.55. The fraction of sp³-hybridized carbons (Fsp3) is 0.741. The lowest BCUT2D eigenvalue weighted by Gasteiger charge is -2.43. The number of methoxy groups -OCH3 is 1. The van der Waals surface area contributed by atoms with Gasteiger partial charge in [-0.1, -0.05) is 55.8 Å². The fourth-order valence-electron chi connectivity index (χ4n) is 5.85. The second kappa shape index (κ2) is 13.8. The van der Waals surface area contributed by atoms with Crippen molar-refractivity contribution in [1.29, 1.82) is 0 Å². The summed E-state index contributed by atoms with van der Waals surface area (Å²) in [5, 5.41) is 14.9. The van der Waals surface area contributed by atoms with Crippen molar-refractivity contribution in [3.05, 3.63) is 34.6 Å². The topological polar surface area (TPSA) is 87.8 Å². The SMILES string of the molecule is COCCCCC(O)(c1cccc(Cl)c1F)C1CCCN(C(=O)NCC(N)CC2CCCCC2)C1. The van der Waals surface area contributed by atoms with Gasteiger partial charge in [0.1, 0.15) is 5.82 Å². The van der Waals surface area contributed by atoms with E-state index in [0.717, 1.165) is 19.3 Å². The van der Waals surface area contributed by atoms with E-state index < -0.39 is 11.4 Å². The Morgan fingerprint density at radius 1 is 1.29 bits per heavy atom. The normalized spacial score (nSPS) is 22.0. The number of carbonyl (C=O) groups excluding carboxylic acids is 1. The molecule has 4 N–H and O–H groups in total. The third kappa shape index (κ3) is 7.78. The van der Waals surface area contributed by atoms with Gasteiger partial charge in [0.25, 0.3) is 0 Å². The molecule has 0 spiro atoms. The number of amides is 2. The third-order valence-electron chi connectivity index (χ3n) is 7.83. The summed E-state index contributed by atoms with van der Waals surface area (Å²) in [5.74, 6) is -0.220. The number of ether oxygens (including phenoxy) is 1. The van der Waals surface area contributed by atoms with Gasteiger partial charge in [-0.3, -0.25) is 0 Å². The first kappa shape index (κ1) is 28.2. The highest BCUT2D eigenvalue weighted by molar-refractivity contribution is 6.30. The van der Waals surface area contributed by atoms with Crippen LogP contribution in [-0.2, 0) is 10.3 Å². The highest BCUT2D eigenvalue weighted by Crippen LogP contribution is 2.42. The van der Waals surface area contributed by atoms with Crippen LogP contribution in [-0.4, -0.2) is 55.4 Å². The van der Waals surface area contributed by atoms with Crippen LogP contribution in [0.15, 0.2) is 18.2 Å². The largest absolute Gasteiger partial charge is 0.385 e. The van der Waals surface area contributed by atoms with E-state index in [1.165, 1.54) is 38.2 Å². The highest BCUT2D eigenvalue weighted by atomic mass is 35.5. The van der Waals surface area contributed by atoms with Gasteiger partial charge in [0.15, 0.2) is 0 Å². The van der Waals surface area contributed by atoms with Gasteiger partial charge in [-0.05, 0) is 50.5 Å². The van der Waals surface area contributed by atoms with Gasteiger partial charge < -0.3 is 25.8 Å². The molecule has 3 atom stereocenters. The van der Waals surface area contributed by atoms with Gasteiger partial charge in [-0.2, -0.15) is 0 Å². The van der Waals surface area contributed by atoms with Crippen molar-refractivity contribution in [3.63, 3.8) is 0 Å². The Morgan fingerprint density at radius 2 is 2.06 bits per heavy atom. The molecule has 2 amide bonds. The zero-order chi connectivity index (χ0) is 25.3. The molecule has 1 aromatic rings. The Morgan fingerprint density at radius 3 is 2.80 bits per heavy atom. The number of nitrogens with zero attached hydrogens (tertiary/aromatic N) is 1. The molecule has 1 heterocycles. The second-order valence-corrected chi connectivity index (χ2v) is 10.9. The van der Waals surface area contributed by atoms with Gasteiger partial charge >= 0.3 is 6.03 Å². The summed E-state index contributed by atoms with van der Waals surface area (Å²) >= 11 is 6.07. The monoisotopic (exact) mass is 511 g/mol. The number of nitrogens with one attached hydrogen (secondary N) is 1. The summed E-state index contributed by atoms with van der Waals surface area (Å²) in [6.45, 7) is 1.99. The number of rotatable bonds is 11. The van der Waals surface area contributed by atoms with Crippen LogP contribution in [0.5, 0.6) is 0 Å². The Kier molecular flexibility index (Phi) is 11.1. The molecule has 8 heteroatoms. The molecule has 2 aliphatic rings. The van der Waals surface area contributed by atoms with Crippen molar-refractivity contribution < 1.29 is 19.0 Å². The summed E-state index contributed by atoms with van der Waals surface area (Å²) in [7, 11) is 1.64. The molecule has 1 aromatic carbocycles. The number of benzene rings is 1. The molecule has 0 bridgehead atoms. The predicted molar refractivity (Wildman–Crippen MR) is 138 cm³/mol. The van der Waals surface area contributed by atoms with Crippen molar-refractivity contribution in [2.75, 3.05) is 33.4 Å². The molecule has 35 heavy (non-hydrogen) atoms. The van der Waals surface area contributed by atoms with Gasteiger partial charge in [0.2, 0.25) is 0 Å². The summed E-state index contributed by atoms with van der Waals surface area (Å²) in [5.41, 5.74) is 5.12. The summed E-state index contributed by atoms with van der Waals surface area (Å²) in [6.07, 6.45) is 10.5. The number of aliphatic hydroxyl groups is 1. The minimum atomic E-state index is -1.42. The molecule has 1 aliphatic heterocycles. The Labute approximate surface area is 214 Å².